The molecule has 0 unspecified atom stereocenters. The van der Waals surface area contributed by atoms with Crippen LogP contribution in [0.5, 0.6) is 0 Å². The summed E-state index contributed by atoms with van der Waals surface area (Å²) in [6, 6.07) is 7.78. The van der Waals surface area contributed by atoms with Crippen molar-refractivity contribution < 1.29 is 9.13 Å². The molecule has 1 aromatic carbocycles. The molecule has 2 aliphatic carbocycles. The van der Waals surface area contributed by atoms with E-state index in [1.807, 2.05) is 6.07 Å². The molecular weight excluding hydrogens is 381 g/mol. The maximum atomic E-state index is 13.9. The van der Waals surface area contributed by atoms with Gasteiger partial charge in [-0.1, -0.05) is 6.07 Å². The van der Waals surface area contributed by atoms with Gasteiger partial charge in [-0.15, -0.1) is 0 Å². The highest BCUT2D eigenvalue weighted by Crippen LogP contribution is 2.42. The van der Waals surface area contributed by atoms with Crippen LogP contribution in [0, 0.1) is 5.82 Å². The van der Waals surface area contributed by atoms with Crippen LogP contribution in [0.1, 0.15) is 48.0 Å². The summed E-state index contributed by atoms with van der Waals surface area (Å²) in [6.45, 7) is 3.38. The van der Waals surface area contributed by atoms with Gasteiger partial charge < -0.3 is 15.0 Å². The van der Waals surface area contributed by atoms with Crippen LogP contribution in [-0.2, 0) is 11.2 Å². The van der Waals surface area contributed by atoms with E-state index in [-0.39, 0.29) is 11.9 Å². The Hall–Kier alpha value is -2.51. The molecule has 1 saturated heterocycles. The van der Waals surface area contributed by atoms with Crippen molar-refractivity contribution in [3.63, 3.8) is 0 Å². The zero-order chi connectivity index (χ0) is 20.1. The maximum absolute atomic E-state index is 13.9. The number of morpholine rings is 1. The first-order chi connectivity index (χ1) is 14.8. The standard InChI is InChI=1S/C23H26FN5O/c24-16-4-5-17-15(11-16)3-6-20(29-7-9-30-10-8-29)21(17)28-23-18-12-19(14-1-2-14)27-22(18)25-13-26-23/h4-5,11-14,20-21H,1-3,6-10H2,(H2,25,26,27,28)/t20-,21-/m0/s1. The fourth-order valence-corrected chi connectivity index (χ4v) is 5.08. The summed E-state index contributed by atoms with van der Waals surface area (Å²) in [6.07, 6.45) is 5.98. The molecule has 0 radical (unpaired) electrons. The van der Waals surface area contributed by atoms with Crippen LogP contribution >= 0.6 is 0 Å². The van der Waals surface area contributed by atoms with Crippen LogP contribution in [0.3, 0.4) is 0 Å². The summed E-state index contributed by atoms with van der Waals surface area (Å²) in [7, 11) is 0. The van der Waals surface area contributed by atoms with E-state index >= 15 is 0 Å². The van der Waals surface area contributed by atoms with Crippen LogP contribution in [-0.4, -0.2) is 52.2 Å². The quantitative estimate of drug-likeness (QED) is 0.689. The maximum Gasteiger partial charge on any atom is 0.143 e. The van der Waals surface area contributed by atoms with E-state index in [2.05, 4.69) is 31.2 Å². The van der Waals surface area contributed by atoms with Gasteiger partial charge in [-0.25, -0.2) is 14.4 Å². The van der Waals surface area contributed by atoms with Gasteiger partial charge in [0.25, 0.3) is 0 Å². The lowest BCUT2D eigenvalue weighted by molar-refractivity contribution is 0.00894. The average Bonchev–Trinajstić information content (AvgIpc) is 3.53. The Balaban J connectivity index is 1.39. The lowest BCUT2D eigenvalue weighted by Gasteiger charge is -2.43. The molecule has 1 aliphatic heterocycles. The summed E-state index contributed by atoms with van der Waals surface area (Å²) >= 11 is 0. The van der Waals surface area contributed by atoms with E-state index in [9.17, 15) is 4.39 Å². The number of aromatic nitrogens is 3. The number of rotatable bonds is 4. The number of fused-ring (bicyclic) bond motifs is 2. The Bertz CT molecular complexity index is 1070. The molecule has 0 bridgehead atoms. The van der Waals surface area contributed by atoms with Crippen LogP contribution in [0.15, 0.2) is 30.6 Å². The van der Waals surface area contributed by atoms with Crippen molar-refractivity contribution in [3.05, 3.63) is 53.2 Å². The molecule has 156 valence electrons. The van der Waals surface area contributed by atoms with Crippen molar-refractivity contribution in [2.24, 2.45) is 0 Å². The Morgan fingerprint density at radius 1 is 1.10 bits per heavy atom. The number of halogens is 1. The first-order valence-electron chi connectivity index (χ1n) is 11.0. The lowest BCUT2D eigenvalue weighted by Crippen LogP contribution is -2.49. The summed E-state index contributed by atoms with van der Waals surface area (Å²) in [5.41, 5.74) is 4.40. The number of hydrogen-bond acceptors (Lipinski definition) is 5. The third kappa shape index (κ3) is 3.26. The molecule has 2 atom stereocenters. The predicted octanol–water partition coefficient (Wildman–Crippen LogP) is 3.77. The van der Waals surface area contributed by atoms with Crippen molar-refractivity contribution in [3.8, 4) is 0 Å². The Morgan fingerprint density at radius 3 is 2.80 bits per heavy atom. The number of nitrogens with zero attached hydrogens (tertiary/aromatic N) is 3. The van der Waals surface area contributed by atoms with Crippen molar-refractivity contribution in [2.45, 2.75) is 43.7 Å². The molecule has 2 N–H and O–H groups in total. The zero-order valence-electron chi connectivity index (χ0n) is 16.9. The molecule has 0 spiro atoms. The number of hydrogen-bond donors (Lipinski definition) is 2. The van der Waals surface area contributed by atoms with E-state index in [4.69, 9.17) is 4.74 Å². The van der Waals surface area contributed by atoms with E-state index in [0.717, 1.165) is 61.6 Å². The number of benzene rings is 1. The number of ether oxygens (including phenoxy) is 1. The first kappa shape index (κ1) is 18.3. The minimum Gasteiger partial charge on any atom is -0.379 e. The summed E-state index contributed by atoms with van der Waals surface area (Å²) in [5, 5.41) is 4.78. The Morgan fingerprint density at radius 2 is 1.97 bits per heavy atom. The average molecular weight is 407 g/mol. The number of aryl methyl sites for hydroxylation is 1. The van der Waals surface area contributed by atoms with Crippen LogP contribution in [0.4, 0.5) is 10.2 Å². The Labute approximate surface area is 174 Å². The van der Waals surface area contributed by atoms with E-state index < -0.39 is 0 Å². The summed E-state index contributed by atoms with van der Waals surface area (Å²) < 4.78 is 19.5. The molecule has 7 heteroatoms. The van der Waals surface area contributed by atoms with Gasteiger partial charge >= 0.3 is 0 Å². The molecule has 6 rings (SSSR count). The van der Waals surface area contributed by atoms with Crippen molar-refractivity contribution in [2.75, 3.05) is 31.6 Å². The molecular formula is C23H26FN5O. The number of H-pyrrole nitrogens is 1. The minimum atomic E-state index is -0.165. The van der Waals surface area contributed by atoms with E-state index in [0.29, 0.717) is 12.0 Å². The van der Waals surface area contributed by atoms with Gasteiger partial charge in [0.05, 0.1) is 24.6 Å². The molecule has 1 saturated carbocycles. The van der Waals surface area contributed by atoms with Gasteiger partial charge in [0.1, 0.15) is 23.6 Å². The fraction of sp³-hybridized carbons (Fsp3) is 0.478. The highest BCUT2D eigenvalue weighted by atomic mass is 19.1. The molecule has 3 aliphatic rings. The van der Waals surface area contributed by atoms with Crippen molar-refractivity contribution in [1.82, 2.24) is 19.9 Å². The third-order valence-electron chi connectivity index (χ3n) is 6.80. The molecule has 6 nitrogen and oxygen atoms in total. The van der Waals surface area contributed by atoms with Crippen molar-refractivity contribution >= 4 is 16.9 Å². The normalized spacial score (nSPS) is 24.7. The van der Waals surface area contributed by atoms with Gasteiger partial charge in [-0.05, 0) is 60.9 Å². The van der Waals surface area contributed by atoms with Gasteiger partial charge in [0, 0.05) is 24.8 Å². The van der Waals surface area contributed by atoms with Crippen LogP contribution in [0.25, 0.3) is 11.0 Å². The Kier molecular flexibility index (Phi) is 4.46. The molecule has 30 heavy (non-hydrogen) atoms. The summed E-state index contributed by atoms with van der Waals surface area (Å²) in [4.78, 5) is 15.0. The monoisotopic (exact) mass is 407 g/mol. The predicted molar refractivity (Wildman–Crippen MR) is 113 cm³/mol. The molecule has 2 fully saturated rings. The molecule has 3 heterocycles. The van der Waals surface area contributed by atoms with Crippen LogP contribution < -0.4 is 5.32 Å². The fourth-order valence-electron chi connectivity index (χ4n) is 5.08. The molecule has 3 aromatic rings. The number of nitrogens with one attached hydrogen (secondary N) is 2. The first-order valence-corrected chi connectivity index (χ1v) is 11.0. The second-order valence-corrected chi connectivity index (χ2v) is 8.70. The minimum absolute atomic E-state index is 0.0461. The molecule has 0 amide bonds. The van der Waals surface area contributed by atoms with Gasteiger partial charge in [0.2, 0.25) is 0 Å². The highest BCUT2D eigenvalue weighted by Gasteiger charge is 2.35. The SMILES string of the molecule is Fc1ccc2c(c1)CC[C@H](N1CCOCC1)[C@H]2Nc1ncnc2[nH]c(C3CC3)cc12. The lowest BCUT2D eigenvalue weighted by atomic mass is 9.83. The number of anilines is 1. The van der Waals surface area contributed by atoms with Gasteiger partial charge in [-0.2, -0.15) is 0 Å². The van der Waals surface area contributed by atoms with Gasteiger partial charge in [0.15, 0.2) is 0 Å². The van der Waals surface area contributed by atoms with Crippen molar-refractivity contribution in [1.29, 1.82) is 0 Å². The third-order valence-corrected chi connectivity index (χ3v) is 6.80. The smallest absolute Gasteiger partial charge is 0.143 e. The van der Waals surface area contributed by atoms with Gasteiger partial charge in [-0.3, -0.25) is 4.90 Å². The second-order valence-electron chi connectivity index (χ2n) is 8.70. The van der Waals surface area contributed by atoms with Crippen LogP contribution in [0.2, 0.25) is 0 Å². The van der Waals surface area contributed by atoms with E-state index in [1.54, 1.807) is 18.5 Å². The van der Waals surface area contributed by atoms with E-state index in [1.165, 1.54) is 24.1 Å². The second kappa shape index (κ2) is 7.32. The number of aromatic amines is 1. The summed E-state index contributed by atoms with van der Waals surface area (Å²) in [5.74, 6) is 1.32. The highest BCUT2D eigenvalue weighted by molar-refractivity contribution is 5.88. The topological polar surface area (TPSA) is 66.1 Å². The molecule has 2 aromatic heterocycles. The zero-order valence-corrected chi connectivity index (χ0v) is 16.9. The largest absolute Gasteiger partial charge is 0.379 e.